The number of alkyl halides is 3. The largest absolute Gasteiger partial charge is 0.573 e. The van der Waals surface area contributed by atoms with Crippen LogP contribution in [0.1, 0.15) is 26.6 Å². The Kier molecular flexibility index (Phi) is 6.78. The Morgan fingerprint density at radius 2 is 1.68 bits per heavy atom. The maximum Gasteiger partial charge on any atom is 0.573 e. The fourth-order valence-corrected chi connectivity index (χ4v) is 3.75. The SMILES string of the molecule is Cn1c(=O)c2c(SCC(=O)Nc3ccc(OC(F)(F)F)cc3)nc(C(C)(C)C)nc2n(C)c1=O. The van der Waals surface area contributed by atoms with E-state index in [2.05, 4.69) is 20.0 Å². The number of amides is 1. The molecule has 0 spiro atoms. The Balaban J connectivity index is 1.87. The molecule has 0 radical (unpaired) electrons. The van der Waals surface area contributed by atoms with Crippen LogP contribution in [0.3, 0.4) is 0 Å². The van der Waals surface area contributed by atoms with E-state index in [0.29, 0.717) is 5.82 Å². The first-order valence-corrected chi connectivity index (χ1v) is 10.9. The molecule has 0 saturated carbocycles. The van der Waals surface area contributed by atoms with E-state index in [9.17, 15) is 27.6 Å². The summed E-state index contributed by atoms with van der Waals surface area (Å²) in [7, 11) is 2.84. The molecule has 3 rings (SSSR count). The van der Waals surface area contributed by atoms with Gasteiger partial charge in [0.05, 0.1) is 5.75 Å². The molecule has 1 N–H and O–H groups in total. The summed E-state index contributed by atoms with van der Waals surface area (Å²) in [5.41, 5.74) is -1.19. The number of fused-ring (bicyclic) bond motifs is 1. The van der Waals surface area contributed by atoms with E-state index in [0.717, 1.165) is 28.5 Å². The van der Waals surface area contributed by atoms with Gasteiger partial charge in [-0.25, -0.2) is 14.8 Å². The zero-order valence-corrected chi connectivity index (χ0v) is 19.8. The van der Waals surface area contributed by atoms with Crippen LogP contribution in [0.4, 0.5) is 18.9 Å². The predicted molar refractivity (Wildman–Crippen MR) is 121 cm³/mol. The molecule has 2 heterocycles. The normalized spacial score (nSPS) is 12.1. The number of benzene rings is 1. The first-order valence-electron chi connectivity index (χ1n) is 9.94. The highest BCUT2D eigenvalue weighted by Crippen LogP contribution is 2.27. The Labute approximate surface area is 196 Å². The van der Waals surface area contributed by atoms with E-state index in [-0.39, 0.29) is 27.5 Å². The van der Waals surface area contributed by atoms with Crippen LogP contribution in [0, 0.1) is 0 Å². The van der Waals surface area contributed by atoms with E-state index < -0.39 is 34.7 Å². The summed E-state index contributed by atoms with van der Waals surface area (Å²) in [4.78, 5) is 46.6. The van der Waals surface area contributed by atoms with Crippen LogP contribution in [0.5, 0.6) is 5.75 Å². The number of hydrogen-bond acceptors (Lipinski definition) is 7. The molecule has 182 valence electrons. The van der Waals surface area contributed by atoms with Crippen molar-refractivity contribution in [3.05, 3.63) is 50.9 Å². The van der Waals surface area contributed by atoms with Gasteiger partial charge in [-0.1, -0.05) is 32.5 Å². The molecular formula is C21H22F3N5O4S. The van der Waals surface area contributed by atoms with Crippen LogP contribution in [-0.4, -0.2) is 37.1 Å². The number of rotatable bonds is 5. The zero-order chi connectivity index (χ0) is 25.4. The molecule has 0 aliphatic carbocycles. The summed E-state index contributed by atoms with van der Waals surface area (Å²) in [6, 6.07) is 4.70. The second-order valence-electron chi connectivity index (χ2n) is 8.42. The smallest absolute Gasteiger partial charge is 0.406 e. The Morgan fingerprint density at radius 3 is 2.24 bits per heavy atom. The van der Waals surface area contributed by atoms with Crippen molar-refractivity contribution in [1.29, 1.82) is 0 Å². The van der Waals surface area contributed by atoms with Crippen molar-refractivity contribution >= 4 is 34.4 Å². The number of ether oxygens (including phenoxy) is 1. The number of carbonyl (C=O) groups excluding carboxylic acids is 1. The lowest BCUT2D eigenvalue weighted by atomic mass is 9.96. The molecule has 0 bridgehead atoms. The molecule has 0 saturated heterocycles. The summed E-state index contributed by atoms with van der Waals surface area (Å²) in [5.74, 6) is -0.641. The van der Waals surface area contributed by atoms with Crippen molar-refractivity contribution in [1.82, 2.24) is 19.1 Å². The number of aromatic nitrogens is 4. The van der Waals surface area contributed by atoms with Crippen LogP contribution in [0.25, 0.3) is 11.0 Å². The Bertz CT molecular complexity index is 1360. The highest BCUT2D eigenvalue weighted by Gasteiger charge is 2.31. The minimum Gasteiger partial charge on any atom is -0.406 e. The Morgan fingerprint density at radius 1 is 1.06 bits per heavy atom. The van der Waals surface area contributed by atoms with E-state index in [1.165, 1.54) is 30.8 Å². The molecule has 0 fully saturated rings. The molecule has 0 aliphatic rings. The fraction of sp³-hybridized carbons (Fsp3) is 0.381. The molecule has 1 amide bonds. The molecule has 1 aromatic carbocycles. The third-order valence-electron chi connectivity index (χ3n) is 4.65. The molecule has 9 nitrogen and oxygen atoms in total. The van der Waals surface area contributed by atoms with Gasteiger partial charge in [0.2, 0.25) is 5.91 Å². The molecule has 0 aliphatic heterocycles. The topological polar surface area (TPSA) is 108 Å². The van der Waals surface area contributed by atoms with E-state index >= 15 is 0 Å². The van der Waals surface area contributed by atoms with Crippen LogP contribution < -0.4 is 21.3 Å². The van der Waals surface area contributed by atoms with Gasteiger partial charge in [0, 0.05) is 25.2 Å². The van der Waals surface area contributed by atoms with Gasteiger partial charge in [-0.2, -0.15) is 0 Å². The fourth-order valence-electron chi connectivity index (χ4n) is 2.94. The number of nitrogens with one attached hydrogen (secondary N) is 1. The van der Waals surface area contributed by atoms with Gasteiger partial charge in [-0.3, -0.25) is 18.7 Å². The number of nitrogens with zero attached hydrogens (tertiary/aromatic N) is 4. The monoisotopic (exact) mass is 497 g/mol. The average Bonchev–Trinajstić information content (AvgIpc) is 2.73. The molecule has 3 aromatic rings. The summed E-state index contributed by atoms with van der Waals surface area (Å²) >= 11 is 0.991. The van der Waals surface area contributed by atoms with E-state index in [4.69, 9.17) is 0 Å². The first kappa shape index (κ1) is 25.3. The standard InChI is InChI=1S/C21H22F3N5O4S/c1-20(2,3)18-26-15-14(17(31)29(5)19(32)28(15)4)16(27-18)34-10-13(30)25-11-6-8-12(9-7-11)33-21(22,23)24/h6-9H,10H2,1-5H3,(H,25,30). The van der Waals surface area contributed by atoms with Gasteiger partial charge >= 0.3 is 12.1 Å². The number of halogens is 3. The quantitative estimate of drug-likeness (QED) is 0.427. The van der Waals surface area contributed by atoms with Gasteiger partial charge in [0.15, 0.2) is 5.65 Å². The molecule has 0 unspecified atom stereocenters. The van der Waals surface area contributed by atoms with Crippen molar-refractivity contribution in [2.45, 2.75) is 37.6 Å². The molecular weight excluding hydrogens is 475 g/mol. The third-order valence-corrected chi connectivity index (χ3v) is 5.62. The highest BCUT2D eigenvalue weighted by molar-refractivity contribution is 8.00. The second-order valence-corrected chi connectivity index (χ2v) is 9.38. The maximum absolute atomic E-state index is 12.8. The lowest BCUT2D eigenvalue weighted by Crippen LogP contribution is -2.38. The average molecular weight is 497 g/mol. The van der Waals surface area contributed by atoms with Crippen molar-refractivity contribution in [2.24, 2.45) is 14.1 Å². The van der Waals surface area contributed by atoms with Crippen LogP contribution in [0.15, 0.2) is 38.9 Å². The van der Waals surface area contributed by atoms with Gasteiger partial charge in [-0.15, -0.1) is 13.2 Å². The van der Waals surface area contributed by atoms with Crippen LogP contribution >= 0.6 is 11.8 Å². The number of hydrogen-bond donors (Lipinski definition) is 1. The molecule has 13 heteroatoms. The van der Waals surface area contributed by atoms with Gasteiger partial charge in [0.1, 0.15) is 22.0 Å². The van der Waals surface area contributed by atoms with Crippen molar-refractivity contribution in [3.63, 3.8) is 0 Å². The number of carbonyl (C=O) groups is 1. The summed E-state index contributed by atoms with van der Waals surface area (Å²) in [5, 5.41) is 2.92. The molecule has 34 heavy (non-hydrogen) atoms. The third kappa shape index (κ3) is 5.58. The number of thioether (sulfide) groups is 1. The molecule has 0 atom stereocenters. The van der Waals surface area contributed by atoms with E-state index in [1.807, 2.05) is 20.8 Å². The summed E-state index contributed by atoms with van der Waals surface area (Å²) in [6.07, 6.45) is -4.81. The summed E-state index contributed by atoms with van der Waals surface area (Å²) in [6.45, 7) is 5.63. The highest BCUT2D eigenvalue weighted by atomic mass is 32.2. The van der Waals surface area contributed by atoms with Gasteiger partial charge < -0.3 is 10.1 Å². The minimum absolute atomic E-state index is 0.115. The zero-order valence-electron chi connectivity index (χ0n) is 19.0. The van der Waals surface area contributed by atoms with Crippen LogP contribution in [-0.2, 0) is 24.3 Å². The lowest BCUT2D eigenvalue weighted by Gasteiger charge is -2.19. The maximum atomic E-state index is 12.8. The second kappa shape index (κ2) is 9.12. The Hall–Kier alpha value is -3.35. The van der Waals surface area contributed by atoms with E-state index in [1.54, 1.807) is 0 Å². The number of aryl methyl sites for hydroxylation is 1. The minimum atomic E-state index is -4.81. The predicted octanol–water partition coefficient (Wildman–Crippen LogP) is 2.95. The van der Waals surface area contributed by atoms with Gasteiger partial charge in [0.25, 0.3) is 5.56 Å². The van der Waals surface area contributed by atoms with Crippen molar-refractivity contribution < 1.29 is 22.7 Å². The van der Waals surface area contributed by atoms with Crippen molar-refractivity contribution in [3.8, 4) is 5.75 Å². The van der Waals surface area contributed by atoms with Crippen LogP contribution in [0.2, 0.25) is 0 Å². The summed E-state index contributed by atoms with van der Waals surface area (Å²) < 4.78 is 42.8. The first-order chi connectivity index (χ1) is 15.7. The van der Waals surface area contributed by atoms with Gasteiger partial charge in [-0.05, 0) is 24.3 Å². The van der Waals surface area contributed by atoms with Crippen molar-refractivity contribution in [2.75, 3.05) is 11.1 Å². The lowest BCUT2D eigenvalue weighted by molar-refractivity contribution is -0.274. The number of anilines is 1. The molecule has 2 aromatic heterocycles.